The van der Waals surface area contributed by atoms with Gasteiger partial charge in [0.05, 0.1) is 0 Å². The van der Waals surface area contributed by atoms with E-state index < -0.39 is 12.5 Å². The SMILES string of the molecule is OC(CNC(c1ccc(Cl)cc1)C1CC1)C(F)F. The molecule has 0 spiro atoms. The van der Waals surface area contributed by atoms with E-state index >= 15 is 0 Å². The van der Waals surface area contributed by atoms with Crippen molar-refractivity contribution in [2.45, 2.75) is 31.4 Å². The van der Waals surface area contributed by atoms with Gasteiger partial charge in [-0.1, -0.05) is 23.7 Å². The fraction of sp³-hybridized carbons (Fsp3) is 0.538. The standard InChI is InChI=1S/C13H16ClF2NO/c14-10-5-3-9(4-6-10)12(8-1-2-8)17-7-11(18)13(15)16/h3-6,8,11-13,17-18H,1-2,7H2. The lowest BCUT2D eigenvalue weighted by molar-refractivity contribution is -0.00500. The molecular formula is C13H16ClF2NO. The van der Waals surface area contributed by atoms with Crippen LogP contribution in [0.4, 0.5) is 8.78 Å². The Balaban J connectivity index is 1.98. The molecule has 1 aromatic rings. The van der Waals surface area contributed by atoms with E-state index in [1.54, 1.807) is 12.1 Å². The first-order valence-electron chi connectivity index (χ1n) is 6.03. The lowest BCUT2D eigenvalue weighted by Crippen LogP contribution is -2.35. The summed E-state index contributed by atoms with van der Waals surface area (Å²) in [4.78, 5) is 0. The molecule has 2 unspecified atom stereocenters. The average Bonchev–Trinajstić information content (AvgIpc) is 3.15. The smallest absolute Gasteiger partial charge is 0.265 e. The third-order valence-electron chi connectivity index (χ3n) is 3.16. The van der Waals surface area contributed by atoms with Crippen LogP contribution in [-0.2, 0) is 0 Å². The zero-order valence-electron chi connectivity index (χ0n) is 9.82. The number of benzene rings is 1. The van der Waals surface area contributed by atoms with Crippen LogP contribution < -0.4 is 5.32 Å². The lowest BCUT2D eigenvalue weighted by atomic mass is 10.0. The van der Waals surface area contributed by atoms with Gasteiger partial charge in [-0.15, -0.1) is 0 Å². The second kappa shape index (κ2) is 5.95. The van der Waals surface area contributed by atoms with Gasteiger partial charge in [0, 0.05) is 17.6 Å². The molecule has 2 nitrogen and oxygen atoms in total. The highest BCUT2D eigenvalue weighted by Crippen LogP contribution is 2.41. The molecular weight excluding hydrogens is 260 g/mol. The van der Waals surface area contributed by atoms with Crippen molar-refractivity contribution in [1.29, 1.82) is 0 Å². The van der Waals surface area contributed by atoms with E-state index in [1.165, 1.54) is 0 Å². The zero-order valence-corrected chi connectivity index (χ0v) is 10.6. The van der Waals surface area contributed by atoms with Crippen molar-refractivity contribution in [2.24, 2.45) is 5.92 Å². The molecule has 1 fully saturated rings. The monoisotopic (exact) mass is 275 g/mol. The van der Waals surface area contributed by atoms with E-state index in [4.69, 9.17) is 16.7 Å². The Morgan fingerprint density at radius 3 is 2.39 bits per heavy atom. The second-order valence-corrected chi connectivity index (χ2v) is 5.11. The highest BCUT2D eigenvalue weighted by atomic mass is 35.5. The van der Waals surface area contributed by atoms with E-state index in [2.05, 4.69) is 5.32 Å². The van der Waals surface area contributed by atoms with Crippen molar-refractivity contribution in [3.8, 4) is 0 Å². The molecule has 1 saturated carbocycles. The Kier molecular flexibility index (Phi) is 4.54. The molecule has 5 heteroatoms. The third-order valence-corrected chi connectivity index (χ3v) is 3.41. The van der Waals surface area contributed by atoms with Crippen LogP contribution in [0.25, 0.3) is 0 Å². The van der Waals surface area contributed by atoms with Gasteiger partial charge < -0.3 is 10.4 Å². The summed E-state index contributed by atoms with van der Waals surface area (Å²) in [6.45, 7) is -0.0958. The van der Waals surface area contributed by atoms with Crippen molar-refractivity contribution in [3.63, 3.8) is 0 Å². The Morgan fingerprint density at radius 2 is 1.89 bits per heavy atom. The third kappa shape index (κ3) is 3.64. The quantitative estimate of drug-likeness (QED) is 0.836. The molecule has 18 heavy (non-hydrogen) atoms. The minimum absolute atomic E-state index is 0.0238. The topological polar surface area (TPSA) is 32.3 Å². The number of halogens is 3. The number of rotatable bonds is 6. The van der Waals surface area contributed by atoms with Gasteiger partial charge in [-0.05, 0) is 36.5 Å². The maximum atomic E-state index is 12.2. The molecule has 0 saturated heterocycles. The van der Waals surface area contributed by atoms with E-state index in [9.17, 15) is 8.78 Å². The highest BCUT2D eigenvalue weighted by Gasteiger charge is 2.32. The summed E-state index contributed by atoms with van der Waals surface area (Å²) < 4.78 is 24.5. The Labute approximate surface area is 110 Å². The van der Waals surface area contributed by atoms with Crippen LogP contribution in [0.2, 0.25) is 5.02 Å². The molecule has 0 amide bonds. The van der Waals surface area contributed by atoms with Crippen LogP contribution in [0, 0.1) is 5.92 Å². The molecule has 100 valence electrons. The summed E-state index contributed by atoms with van der Waals surface area (Å²) in [5.74, 6) is 0.469. The maximum absolute atomic E-state index is 12.2. The Hall–Kier alpha value is -0.710. The molecule has 0 bridgehead atoms. The van der Waals surface area contributed by atoms with Crippen LogP contribution in [0.1, 0.15) is 24.4 Å². The summed E-state index contributed by atoms with van der Waals surface area (Å²) in [5.41, 5.74) is 1.03. The molecule has 2 rings (SSSR count). The zero-order chi connectivity index (χ0) is 13.1. The Bertz CT molecular complexity index is 381. The minimum atomic E-state index is -2.71. The van der Waals surface area contributed by atoms with E-state index in [1.807, 2.05) is 12.1 Å². The average molecular weight is 276 g/mol. The summed E-state index contributed by atoms with van der Waals surface area (Å²) in [7, 11) is 0. The van der Waals surface area contributed by atoms with Crippen molar-refractivity contribution < 1.29 is 13.9 Å². The fourth-order valence-corrected chi connectivity index (χ4v) is 2.12. The molecule has 0 heterocycles. The summed E-state index contributed by atoms with van der Waals surface area (Å²) >= 11 is 5.82. The summed E-state index contributed by atoms with van der Waals surface area (Å²) in [6, 6.07) is 7.39. The number of hydrogen-bond donors (Lipinski definition) is 2. The predicted molar refractivity (Wildman–Crippen MR) is 66.9 cm³/mol. The van der Waals surface area contributed by atoms with Gasteiger partial charge in [0.15, 0.2) is 0 Å². The van der Waals surface area contributed by atoms with Crippen molar-refractivity contribution in [1.82, 2.24) is 5.32 Å². The molecule has 1 aliphatic rings. The fourth-order valence-electron chi connectivity index (χ4n) is 1.99. The van der Waals surface area contributed by atoms with Crippen molar-refractivity contribution in [3.05, 3.63) is 34.9 Å². The first kappa shape index (κ1) is 13.7. The molecule has 1 aliphatic carbocycles. The number of alkyl halides is 2. The molecule has 2 N–H and O–H groups in total. The van der Waals surface area contributed by atoms with Crippen LogP contribution in [0.15, 0.2) is 24.3 Å². The van der Waals surface area contributed by atoms with Crippen LogP contribution in [-0.4, -0.2) is 24.2 Å². The molecule has 0 aliphatic heterocycles. The van der Waals surface area contributed by atoms with E-state index in [0.29, 0.717) is 10.9 Å². The first-order chi connectivity index (χ1) is 8.58. The number of aliphatic hydroxyl groups excluding tert-OH is 1. The number of nitrogens with one attached hydrogen (secondary N) is 1. The maximum Gasteiger partial charge on any atom is 0.265 e. The van der Waals surface area contributed by atoms with Crippen molar-refractivity contribution in [2.75, 3.05) is 6.54 Å². The molecule has 0 radical (unpaired) electrons. The van der Waals surface area contributed by atoms with Crippen LogP contribution in [0.5, 0.6) is 0 Å². The van der Waals surface area contributed by atoms with Gasteiger partial charge in [0.25, 0.3) is 6.43 Å². The van der Waals surface area contributed by atoms with E-state index in [0.717, 1.165) is 18.4 Å². The normalized spacial score (nSPS) is 18.9. The second-order valence-electron chi connectivity index (χ2n) is 4.68. The van der Waals surface area contributed by atoms with Gasteiger partial charge in [-0.3, -0.25) is 0 Å². The number of aliphatic hydroxyl groups is 1. The van der Waals surface area contributed by atoms with Gasteiger partial charge in [0.2, 0.25) is 0 Å². The molecule has 0 aromatic heterocycles. The van der Waals surface area contributed by atoms with Crippen molar-refractivity contribution >= 4 is 11.6 Å². The van der Waals surface area contributed by atoms with Gasteiger partial charge in [0.1, 0.15) is 6.10 Å². The van der Waals surface area contributed by atoms with Gasteiger partial charge in [-0.2, -0.15) is 0 Å². The lowest BCUT2D eigenvalue weighted by Gasteiger charge is -2.21. The largest absolute Gasteiger partial charge is 0.386 e. The summed E-state index contributed by atoms with van der Waals surface area (Å²) in [6.07, 6.45) is -2.14. The van der Waals surface area contributed by atoms with Crippen LogP contribution in [0.3, 0.4) is 0 Å². The first-order valence-corrected chi connectivity index (χ1v) is 6.41. The van der Waals surface area contributed by atoms with Gasteiger partial charge >= 0.3 is 0 Å². The Morgan fingerprint density at radius 1 is 1.28 bits per heavy atom. The summed E-state index contributed by atoms with van der Waals surface area (Å²) in [5, 5.41) is 12.8. The van der Waals surface area contributed by atoms with Crippen LogP contribution >= 0.6 is 11.6 Å². The minimum Gasteiger partial charge on any atom is -0.386 e. The van der Waals surface area contributed by atoms with Gasteiger partial charge in [-0.25, -0.2) is 8.78 Å². The molecule has 1 aromatic carbocycles. The van der Waals surface area contributed by atoms with E-state index in [-0.39, 0.29) is 12.6 Å². The molecule has 2 atom stereocenters. The predicted octanol–water partition coefficient (Wildman–Crippen LogP) is 3.01. The highest BCUT2D eigenvalue weighted by molar-refractivity contribution is 6.30. The number of hydrogen-bond acceptors (Lipinski definition) is 2.